The van der Waals surface area contributed by atoms with Crippen molar-refractivity contribution in [2.24, 2.45) is 0 Å². The molecule has 160 valence electrons. The van der Waals surface area contributed by atoms with E-state index in [9.17, 15) is 13.2 Å². The molecule has 6 nitrogen and oxygen atoms in total. The topological polar surface area (TPSA) is 78.5 Å². The summed E-state index contributed by atoms with van der Waals surface area (Å²) < 4.78 is 25.8. The third kappa shape index (κ3) is 4.95. The number of nitrogens with zero attached hydrogens (tertiary/aromatic N) is 1. The number of urea groups is 1. The van der Waals surface area contributed by atoms with E-state index in [1.165, 1.54) is 28.2 Å². The molecule has 0 aromatic heterocycles. The molecule has 31 heavy (non-hydrogen) atoms. The Bertz CT molecular complexity index is 1180. The molecule has 2 amide bonds. The molecule has 0 saturated heterocycles. The van der Waals surface area contributed by atoms with Crippen LogP contribution in [0.1, 0.15) is 16.7 Å². The highest BCUT2D eigenvalue weighted by Gasteiger charge is 2.18. The van der Waals surface area contributed by atoms with Crippen molar-refractivity contribution in [1.29, 1.82) is 0 Å². The number of nitrogens with one attached hydrogen (secondary N) is 2. The number of carbonyl (C=O) groups is 1. The van der Waals surface area contributed by atoms with Gasteiger partial charge >= 0.3 is 6.03 Å². The summed E-state index contributed by atoms with van der Waals surface area (Å²) in [5, 5.41) is 6.11. The van der Waals surface area contributed by atoms with Crippen molar-refractivity contribution in [3.63, 3.8) is 0 Å². The fourth-order valence-electron chi connectivity index (χ4n) is 3.64. The Labute approximate surface area is 182 Å². The van der Waals surface area contributed by atoms with E-state index < -0.39 is 9.84 Å². The van der Waals surface area contributed by atoms with Gasteiger partial charge in [-0.3, -0.25) is 4.90 Å². The zero-order valence-corrected chi connectivity index (χ0v) is 18.2. The van der Waals surface area contributed by atoms with Crippen LogP contribution in [-0.2, 0) is 28.6 Å². The summed E-state index contributed by atoms with van der Waals surface area (Å²) in [6, 6.07) is 21.2. The predicted molar refractivity (Wildman–Crippen MR) is 123 cm³/mol. The molecule has 0 fully saturated rings. The van der Waals surface area contributed by atoms with Gasteiger partial charge in [-0.2, -0.15) is 0 Å². The monoisotopic (exact) mass is 435 g/mol. The fraction of sp³-hybridized carbons (Fsp3) is 0.208. The second-order valence-corrected chi connectivity index (χ2v) is 9.63. The van der Waals surface area contributed by atoms with Crippen LogP contribution in [0.2, 0.25) is 0 Å². The molecule has 3 aromatic rings. The number of para-hydroxylation sites is 1. The number of benzene rings is 3. The Morgan fingerprint density at radius 3 is 2.48 bits per heavy atom. The summed E-state index contributed by atoms with van der Waals surface area (Å²) in [4.78, 5) is 14.2. The van der Waals surface area contributed by atoms with Crippen LogP contribution in [0.25, 0.3) is 0 Å². The van der Waals surface area contributed by atoms with Crippen molar-refractivity contribution < 1.29 is 13.2 Å². The van der Waals surface area contributed by atoms with E-state index in [4.69, 9.17) is 0 Å². The smallest absolute Gasteiger partial charge is 0.312 e. The normalized spacial score (nSPS) is 13.3. The molecule has 7 heteroatoms. The molecule has 0 spiro atoms. The zero-order chi connectivity index (χ0) is 21.8. The number of sulfone groups is 1. The van der Waals surface area contributed by atoms with Gasteiger partial charge < -0.3 is 10.6 Å². The lowest BCUT2D eigenvalue weighted by atomic mass is 9.99. The molecular formula is C24H25N3O3S. The standard InChI is InChI=1S/C24H25N3O3S/c1-27(22-5-3-2-4-6-22)24(28)26-21-9-11-23(12-10-21)31(29,30)17-18-7-8-20-16-25-14-13-19(20)15-18/h2-12,15,25H,13-14,16-17H2,1H3,(H,26,28). The van der Waals surface area contributed by atoms with Gasteiger partial charge in [0, 0.05) is 25.0 Å². The number of carbonyl (C=O) groups excluding carboxylic acids is 1. The van der Waals surface area contributed by atoms with Crippen molar-refractivity contribution >= 4 is 27.2 Å². The molecule has 1 heterocycles. The van der Waals surface area contributed by atoms with Gasteiger partial charge in [0.25, 0.3) is 0 Å². The highest BCUT2D eigenvalue weighted by molar-refractivity contribution is 7.90. The average Bonchev–Trinajstić information content (AvgIpc) is 2.79. The summed E-state index contributed by atoms with van der Waals surface area (Å²) in [6.45, 7) is 1.74. The van der Waals surface area contributed by atoms with Crippen molar-refractivity contribution in [3.05, 3.63) is 89.5 Å². The summed E-state index contributed by atoms with van der Waals surface area (Å²) in [6.07, 6.45) is 0.912. The minimum absolute atomic E-state index is 0.0455. The molecule has 3 aromatic carbocycles. The Hall–Kier alpha value is -3.16. The Morgan fingerprint density at radius 1 is 1.00 bits per heavy atom. The van der Waals surface area contributed by atoms with Crippen LogP contribution in [-0.4, -0.2) is 28.0 Å². The van der Waals surface area contributed by atoms with Gasteiger partial charge in [0.1, 0.15) is 0 Å². The summed E-state index contributed by atoms with van der Waals surface area (Å²) >= 11 is 0. The van der Waals surface area contributed by atoms with Gasteiger partial charge in [0.2, 0.25) is 0 Å². The van der Waals surface area contributed by atoms with E-state index in [0.29, 0.717) is 5.69 Å². The maximum atomic E-state index is 12.9. The molecule has 1 aliphatic rings. The first-order valence-corrected chi connectivity index (χ1v) is 11.8. The zero-order valence-electron chi connectivity index (χ0n) is 17.3. The second kappa shape index (κ2) is 8.91. The number of hydrogen-bond acceptors (Lipinski definition) is 4. The van der Waals surface area contributed by atoms with Gasteiger partial charge in [-0.05, 0) is 66.1 Å². The van der Waals surface area contributed by atoms with E-state index in [1.807, 2.05) is 48.5 Å². The Balaban J connectivity index is 1.44. The first-order chi connectivity index (χ1) is 14.9. The molecule has 2 N–H and O–H groups in total. The minimum Gasteiger partial charge on any atom is -0.312 e. The lowest BCUT2D eigenvalue weighted by molar-refractivity contribution is 0.258. The number of anilines is 2. The van der Waals surface area contributed by atoms with E-state index >= 15 is 0 Å². The number of amides is 2. The Kier molecular flexibility index (Phi) is 6.06. The number of fused-ring (bicyclic) bond motifs is 1. The summed E-state index contributed by atoms with van der Waals surface area (Å²) in [5.74, 6) is -0.0455. The minimum atomic E-state index is -3.48. The van der Waals surface area contributed by atoms with Crippen molar-refractivity contribution in [3.8, 4) is 0 Å². The molecule has 0 radical (unpaired) electrons. The van der Waals surface area contributed by atoms with E-state index in [-0.39, 0.29) is 16.7 Å². The highest BCUT2D eigenvalue weighted by atomic mass is 32.2. The fourth-order valence-corrected chi connectivity index (χ4v) is 4.98. The average molecular weight is 436 g/mol. The first-order valence-electron chi connectivity index (χ1n) is 10.2. The first kappa shape index (κ1) is 21.1. The number of rotatable bonds is 5. The van der Waals surface area contributed by atoms with Crippen molar-refractivity contribution in [1.82, 2.24) is 5.32 Å². The van der Waals surface area contributed by atoms with Gasteiger partial charge in [0.05, 0.1) is 10.6 Å². The van der Waals surface area contributed by atoms with Crippen LogP contribution in [0.5, 0.6) is 0 Å². The summed E-state index contributed by atoms with van der Waals surface area (Å²) in [5.41, 5.74) is 4.54. The molecule has 0 bridgehead atoms. The van der Waals surface area contributed by atoms with Crippen LogP contribution in [0.15, 0.2) is 77.7 Å². The van der Waals surface area contributed by atoms with Gasteiger partial charge in [-0.1, -0.05) is 36.4 Å². The van der Waals surface area contributed by atoms with Crippen molar-refractivity contribution in [2.75, 3.05) is 23.8 Å². The number of hydrogen-bond donors (Lipinski definition) is 2. The Morgan fingerprint density at radius 2 is 1.74 bits per heavy atom. The van der Waals surface area contributed by atoms with Crippen LogP contribution < -0.4 is 15.5 Å². The second-order valence-electron chi connectivity index (χ2n) is 7.64. The maximum Gasteiger partial charge on any atom is 0.326 e. The largest absolute Gasteiger partial charge is 0.326 e. The van der Waals surface area contributed by atoms with E-state index in [1.54, 1.807) is 19.2 Å². The summed E-state index contributed by atoms with van der Waals surface area (Å²) in [7, 11) is -1.80. The van der Waals surface area contributed by atoms with E-state index in [2.05, 4.69) is 10.6 Å². The molecule has 0 aliphatic carbocycles. The molecule has 0 saturated carbocycles. The lowest BCUT2D eigenvalue weighted by Crippen LogP contribution is -2.31. The van der Waals surface area contributed by atoms with Crippen LogP contribution in [0.3, 0.4) is 0 Å². The van der Waals surface area contributed by atoms with Crippen LogP contribution >= 0.6 is 0 Å². The molecule has 0 unspecified atom stereocenters. The van der Waals surface area contributed by atoms with E-state index in [0.717, 1.165) is 30.8 Å². The maximum absolute atomic E-state index is 12.9. The third-order valence-corrected chi connectivity index (χ3v) is 7.13. The highest BCUT2D eigenvalue weighted by Crippen LogP contribution is 2.22. The predicted octanol–water partition coefficient (Wildman–Crippen LogP) is 3.97. The molecular weight excluding hydrogens is 410 g/mol. The van der Waals surface area contributed by atoms with Gasteiger partial charge in [-0.25, -0.2) is 13.2 Å². The van der Waals surface area contributed by atoms with Gasteiger partial charge in [-0.15, -0.1) is 0 Å². The van der Waals surface area contributed by atoms with Crippen LogP contribution in [0, 0.1) is 0 Å². The van der Waals surface area contributed by atoms with Crippen LogP contribution in [0.4, 0.5) is 16.2 Å². The van der Waals surface area contributed by atoms with Crippen molar-refractivity contribution in [2.45, 2.75) is 23.6 Å². The molecule has 0 atom stereocenters. The quantitative estimate of drug-likeness (QED) is 0.636. The SMILES string of the molecule is CN(C(=O)Nc1ccc(S(=O)(=O)Cc2ccc3c(c2)CCNC3)cc1)c1ccccc1. The molecule has 4 rings (SSSR count). The third-order valence-electron chi connectivity index (χ3n) is 5.43. The van der Waals surface area contributed by atoms with Gasteiger partial charge in [0.15, 0.2) is 9.84 Å². The lowest BCUT2D eigenvalue weighted by Gasteiger charge is -2.18. The molecule has 1 aliphatic heterocycles.